The van der Waals surface area contributed by atoms with Crippen LogP contribution in [0.15, 0.2) is 23.6 Å². The molecule has 1 N–H and O–H groups in total. The van der Waals surface area contributed by atoms with Crippen LogP contribution < -0.4 is 5.32 Å². The fourth-order valence-corrected chi connectivity index (χ4v) is 4.33. The van der Waals surface area contributed by atoms with E-state index in [4.69, 9.17) is 4.74 Å². The molecule has 1 saturated heterocycles. The average Bonchev–Trinajstić information content (AvgIpc) is 3.09. The lowest BCUT2D eigenvalue weighted by Gasteiger charge is -2.33. The minimum Gasteiger partial charge on any atom is -0.374 e. The molecule has 1 atom stereocenters. The number of aryl methyl sites for hydroxylation is 2. The molecular weight excluding hydrogens is 358 g/mol. The number of nitrogens with one attached hydrogen (secondary N) is 1. The van der Waals surface area contributed by atoms with Crippen LogP contribution in [0.4, 0.5) is 0 Å². The molecule has 146 valence electrons. The molecule has 2 heterocycles. The number of amides is 1. The van der Waals surface area contributed by atoms with E-state index in [-0.39, 0.29) is 12.0 Å². The highest BCUT2D eigenvalue weighted by Gasteiger charge is 2.22. The van der Waals surface area contributed by atoms with Crippen molar-refractivity contribution in [2.45, 2.75) is 33.8 Å². The molecule has 2 aromatic rings. The largest absolute Gasteiger partial charge is 0.374 e. The molecule has 1 amide bonds. The van der Waals surface area contributed by atoms with E-state index in [1.54, 1.807) is 0 Å². The van der Waals surface area contributed by atoms with Crippen LogP contribution in [0.3, 0.4) is 0 Å². The molecule has 1 fully saturated rings. The van der Waals surface area contributed by atoms with E-state index in [1.807, 2.05) is 5.38 Å². The Hall–Kier alpha value is -1.76. The van der Waals surface area contributed by atoms with Gasteiger partial charge in [0, 0.05) is 37.1 Å². The van der Waals surface area contributed by atoms with Crippen molar-refractivity contribution in [1.29, 1.82) is 0 Å². The van der Waals surface area contributed by atoms with Gasteiger partial charge in [-0.3, -0.25) is 9.69 Å². The lowest BCUT2D eigenvalue weighted by atomic mass is 10.1. The number of hydrogen-bond donors (Lipinski definition) is 1. The van der Waals surface area contributed by atoms with Crippen LogP contribution in [0.25, 0.3) is 10.6 Å². The summed E-state index contributed by atoms with van der Waals surface area (Å²) in [6.07, 6.45) is 0.0406. The molecule has 1 aliphatic heterocycles. The van der Waals surface area contributed by atoms with Gasteiger partial charge in [-0.1, -0.05) is 37.6 Å². The first-order valence-corrected chi connectivity index (χ1v) is 10.5. The zero-order valence-corrected chi connectivity index (χ0v) is 17.4. The van der Waals surface area contributed by atoms with Gasteiger partial charge in [-0.15, -0.1) is 11.3 Å². The van der Waals surface area contributed by atoms with Gasteiger partial charge in [0.05, 0.1) is 12.7 Å². The Labute approximate surface area is 165 Å². The Kier molecular flexibility index (Phi) is 6.63. The minimum absolute atomic E-state index is 0.0406. The quantitative estimate of drug-likeness (QED) is 0.824. The highest BCUT2D eigenvalue weighted by atomic mass is 32.1. The molecular formula is C21H29N3O2S. The number of aromatic nitrogens is 1. The zero-order chi connectivity index (χ0) is 19.4. The van der Waals surface area contributed by atoms with Crippen molar-refractivity contribution < 1.29 is 9.53 Å². The molecule has 0 saturated carbocycles. The number of rotatable bonds is 6. The molecule has 3 rings (SSSR count). The third-order valence-corrected chi connectivity index (χ3v) is 5.56. The maximum absolute atomic E-state index is 12.5. The summed E-state index contributed by atoms with van der Waals surface area (Å²) in [6.45, 7) is 12.7. The van der Waals surface area contributed by atoms with Gasteiger partial charge in [0.15, 0.2) is 0 Å². The summed E-state index contributed by atoms with van der Waals surface area (Å²) >= 11 is 1.51. The second kappa shape index (κ2) is 8.95. The maximum atomic E-state index is 12.5. The SMILES string of the molecule is Cc1ccc(-c2nc(C(=O)NCC3CN(CC(C)C)CCO3)cs2)c(C)c1. The first kappa shape index (κ1) is 20.0. The second-order valence-electron chi connectivity index (χ2n) is 7.71. The van der Waals surface area contributed by atoms with Gasteiger partial charge in [-0.25, -0.2) is 4.98 Å². The third kappa shape index (κ3) is 5.37. The number of carbonyl (C=O) groups is 1. The van der Waals surface area contributed by atoms with E-state index < -0.39 is 0 Å². The van der Waals surface area contributed by atoms with E-state index in [9.17, 15) is 4.79 Å². The zero-order valence-electron chi connectivity index (χ0n) is 16.6. The average molecular weight is 388 g/mol. The summed E-state index contributed by atoms with van der Waals surface area (Å²) in [7, 11) is 0. The maximum Gasteiger partial charge on any atom is 0.270 e. The first-order chi connectivity index (χ1) is 12.9. The molecule has 1 aromatic heterocycles. The van der Waals surface area contributed by atoms with Crippen molar-refractivity contribution in [3.8, 4) is 10.6 Å². The number of carbonyl (C=O) groups excluding carboxylic acids is 1. The highest BCUT2D eigenvalue weighted by molar-refractivity contribution is 7.13. The topological polar surface area (TPSA) is 54.5 Å². The Bertz CT molecular complexity index is 787. The van der Waals surface area contributed by atoms with Gasteiger partial charge in [-0.05, 0) is 25.3 Å². The van der Waals surface area contributed by atoms with Gasteiger partial charge in [0.1, 0.15) is 10.7 Å². The van der Waals surface area contributed by atoms with Crippen LogP contribution in [0.1, 0.15) is 35.5 Å². The number of nitrogens with zero attached hydrogens (tertiary/aromatic N) is 2. The molecule has 1 unspecified atom stereocenters. The Morgan fingerprint density at radius 1 is 1.41 bits per heavy atom. The Morgan fingerprint density at radius 2 is 2.22 bits per heavy atom. The van der Waals surface area contributed by atoms with E-state index in [0.29, 0.717) is 18.2 Å². The normalized spacial score (nSPS) is 18.0. The molecule has 0 aliphatic carbocycles. The number of morpholine rings is 1. The molecule has 0 radical (unpaired) electrons. The number of benzene rings is 1. The summed E-state index contributed by atoms with van der Waals surface area (Å²) in [5, 5.41) is 5.70. The van der Waals surface area contributed by atoms with Crippen LogP contribution in [0.5, 0.6) is 0 Å². The van der Waals surface area contributed by atoms with E-state index in [0.717, 1.165) is 36.8 Å². The fourth-order valence-electron chi connectivity index (χ4n) is 3.44. The van der Waals surface area contributed by atoms with Gasteiger partial charge >= 0.3 is 0 Å². The highest BCUT2D eigenvalue weighted by Crippen LogP contribution is 2.27. The summed E-state index contributed by atoms with van der Waals surface area (Å²) in [6, 6.07) is 6.29. The van der Waals surface area contributed by atoms with E-state index in [1.165, 1.54) is 22.5 Å². The molecule has 0 spiro atoms. The molecule has 1 aromatic carbocycles. The smallest absolute Gasteiger partial charge is 0.270 e. The lowest BCUT2D eigenvalue weighted by molar-refractivity contribution is -0.0295. The van der Waals surface area contributed by atoms with Gasteiger partial charge in [0.2, 0.25) is 0 Å². The van der Waals surface area contributed by atoms with Crippen LogP contribution in [0, 0.1) is 19.8 Å². The second-order valence-corrected chi connectivity index (χ2v) is 8.57. The fraction of sp³-hybridized carbons (Fsp3) is 0.524. The van der Waals surface area contributed by atoms with Gasteiger partial charge in [0.25, 0.3) is 5.91 Å². The van der Waals surface area contributed by atoms with Crippen LogP contribution in [0.2, 0.25) is 0 Å². The van der Waals surface area contributed by atoms with Crippen molar-refractivity contribution in [3.63, 3.8) is 0 Å². The molecule has 0 bridgehead atoms. The minimum atomic E-state index is -0.133. The van der Waals surface area contributed by atoms with Gasteiger partial charge < -0.3 is 10.1 Å². The summed E-state index contributed by atoms with van der Waals surface area (Å²) < 4.78 is 5.80. The van der Waals surface area contributed by atoms with Crippen molar-refractivity contribution in [3.05, 3.63) is 40.4 Å². The predicted molar refractivity (Wildman–Crippen MR) is 110 cm³/mol. The van der Waals surface area contributed by atoms with Crippen LogP contribution in [-0.2, 0) is 4.74 Å². The summed E-state index contributed by atoms with van der Waals surface area (Å²) in [5.41, 5.74) is 3.97. The van der Waals surface area contributed by atoms with Crippen LogP contribution in [-0.4, -0.2) is 54.7 Å². The van der Waals surface area contributed by atoms with Crippen molar-refractivity contribution in [2.24, 2.45) is 5.92 Å². The van der Waals surface area contributed by atoms with E-state index in [2.05, 4.69) is 61.1 Å². The Morgan fingerprint density at radius 3 is 2.96 bits per heavy atom. The standard InChI is InChI=1S/C21H29N3O2S/c1-14(2)11-24-7-8-26-17(12-24)10-22-20(25)19-13-27-21(23-19)18-6-5-15(3)9-16(18)4/h5-6,9,13-14,17H,7-8,10-12H2,1-4H3,(H,22,25). The predicted octanol–water partition coefficient (Wildman–Crippen LogP) is 3.51. The first-order valence-electron chi connectivity index (χ1n) is 9.57. The number of thiazole rings is 1. The van der Waals surface area contributed by atoms with E-state index >= 15 is 0 Å². The number of ether oxygens (including phenoxy) is 1. The van der Waals surface area contributed by atoms with Gasteiger partial charge in [-0.2, -0.15) is 0 Å². The molecule has 5 nitrogen and oxygen atoms in total. The Balaban J connectivity index is 1.57. The van der Waals surface area contributed by atoms with Crippen LogP contribution >= 0.6 is 11.3 Å². The van der Waals surface area contributed by atoms with Crippen molar-refractivity contribution in [1.82, 2.24) is 15.2 Å². The molecule has 6 heteroatoms. The summed E-state index contributed by atoms with van der Waals surface area (Å²) in [5.74, 6) is 0.504. The number of hydrogen-bond acceptors (Lipinski definition) is 5. The van der Waals surface area contributed by atoms with Crippen molar-refractivity contribution >= 4 is 17.2 Å². The monoisotopic (exact) mass is 387 g/mol. The molecule has 27 heavy (non-hydrogen) atoms. The van der Waals surface area contributed by atoms with Crippen molar-refractivity contribution in [2.75, 3.05) is 32.8 Å². The molecule has 1 aliphatic rings. The lowest BCUT2D eigenvalue weighted by Crippen LogP contribution is -2.48. The summed E-state index contributed by atoms with van der Waals surface area (Å²) in [4.78, 5) is 19.4. The third-order valence-electron chi connectivity index (χ3n) is 4.69.